The number of benzene rings is 4. The van der Waals surface area contributed by atoms with Crippen molar-refractivity contribution in [3.63, 3.8) is 0 Å². The average Bonchev–Trinajstić information content (AvgIpc) is 2.91. The number of phenolic OH excluding ortho intramolecular Hbond substituents is 7. The van der Waals surface area contributed by atoms with Crippen LogP contribution in [0.25, 0.3) is 33.4 Å². The number of fused-ring (bicyclic) bond motifs is 2. The van der Waals surface area contributed by atoms with Gasteiger partial charge in [-0.1, -0.05) is 6.07 Å². The molecule has 0 spiro atoms. The van der Waals surface area contributed by atoms with Gasteiger partial charge in [0.15, 0.2) is 23.0 Å². The molecule has 1 aliphatic rings. The molecule has 42 heavy (non-hydrogen) atoms. The quantitative estimate of drug-likeness (QED) is 0.140. The first kappa shape index (κ1) is 26.2. The minimum atomic E-state index is -1.05. The molecule has 0 radical (unpaired) electrons. The first-order valence-electron chi connectivity index (χ1n) is 12.3. The van der Waals surface area contributed by atoms with Gasteiger partial charge in [-0.05, 0) is 35.9 Å². The molecule has 5 aromatic rings. The van der Waals surface area contributed by atoms with Gasteiger partial charge in [0, 0.05) is 29.3 Å². The Bertz CT molecular complexity index is 2020. The highest BCUT2D eigenvalue weighted by Gasteiger charge is 2.35. The Balaban J connectivity index is 1.62. The SMILES string of the molecule is O=C1CC(c2ccc(O)c(O)c2)Oc2c1c(O)cc(O)c2-c1cc(O)ccc1-c1oc2cc(O)cc(O)c2c(=O)c1O. The van der Waals surface area contributed by atoms with E-state index in [1.54, 1.807) is 0 Å². The summed E-state index contributed by atoms with van der Waals surface area (Å²) in [5.41, 5.74) is -1.76. The number of Topliss-reactive ketones (excluding diaryl/α,β-unsaturated/α-hetero) is 1. The molecule has 4 aromatic carbocycles. The van der Waals surface area contributed by atoms with Crippen LogP contribution in [0.15, 0.2) is 63.8 Å². The third-order valence-corrected chi connectivity index (χ3v) is 6.97. The standard InChI is InChI=1S/C30H20O12/c31-12-2-3-14(29-28(40)27(39)26-18(35)7-13(32)8-23(26)42-29)15(6-12)24-19(36)9-20(37)25-21(38)10-22(41-30(24)25)11-1-4-16(33)17(34)5-11/h1-9,22,31-37,40H,10H2. The lowest BCUT2D eigenvalue weighted by atomic mass is 9.89. The maximum Gasteiger partial charge on any atom is 0.238 e. The average molecular weight is 572 g/mol. The van der Waals surface area contributed by atoms with E-state index in [-0.39, 0.29) is 51.3 Å². The Morgan fingerprint density at radius 2 is 1.38 bits per heavy atom. The van der Waals surface area contributed by atoms with Crippen LogP contribution in [0, 0.1) is 0 Å². The third kappa shape index (κ3) is 4.01. The topological polar surface area (TPSA) is 218 Å². The van der Waals surface area contributed by atoms with Crippen molar-refractivity contribution in [1.29, 1.82) is 0 Å². The van der Waals surface area contributed by atoms with Crippen LogP contribution in [0.5, 0.6) is 51.7 Å². The summed E-state index contributed by atoms with van der Waals surface area (Å²) < 4.78 is 11.8. The number of aromatic hydroxyl groups is 8. The summed E-state index contributed by atoms with van der Waals surface area (Å²) in [7, 11) is 0. The number of carbonyl (C=O) groups is 1. The molecule has 8 N–H and O–H groups in total. The summed E-state index contributed by atoms with van der Waals surface area (Å²) >= 11 is 0. The molecule has 0 fully saturated rings. The fraction of sp³-hybridized carbons (Fsp3) is 0.0667. The minimum absolute atomic E-state index is 0.0872. The van der Waals surface area contributed by atoms with Crippen molar-refractivity contribution < 1.29 is 54.8 Å². The molecule has 0 aliphatic carbocycles. The lowest BCUT2D eigenvalue weighted by Gasteiger charge is -2.29. The summed E-state index contributed by atoms with van der Waals surface area (Å²) in [6, 6.07) is 10.2. The predicted molar refractivity (Wildman–Crippen MR) is 145 cm³/mol. The second-order valence-corrected chi connectivity index (χ2v) is 9.65. The lowest BCUT2D eigenvalue weighted by molar-refractivity contribution is 0.0845. The van der Waals surface area contributed by atoms with E-state index in [0.717, 1.165) is 24.3 Å². The van der Waals surface area contributed by atoms with Gasteiger partial charge in [-0.25, -0.2) is 0 Å². The van der Waals surface area contributed by atoms with E-state index in [1.165, 1.54) is 30.3 Å². The van der Waals surface area contributed by atoms with Crippen molar-refractivity contribution in [2.24, 2.45) is 0 Å². The Kier molecular flexibility index (Phi) is 5.78. The van der Waals surface area contributed by atoms with Crippen LogP contribution < -0.4 is 10.2 Å². The summed E-state index contributed by atoms with van der Waals surface area (Å²) in [5.74, 6) is -5.84. The number of hydrogen-bond acceptors (Lipinski definition) is 12. The van der Waals surface area contributed by atoms with E-state index < -0.39 is 68.7 Å². The van der Waals surface area contributed by atoms with E-state index >= 15 is 0 Å². The second kappa shape index (κ2) is 9.27. The Hall–Kier alpha value is -6.04. The van der Waals surface area contributed by atoms with Crippen molar-refractivity contribution in [3.8, 4) is 74.2 Å². The van der Waals surface area contributed by atoms with Crippen LogP contribution in [0.1, 0.15) is 28.4 Å². The van der Waals surface area contributed by atoms with Crippen LogP contribution in [-0.2, 0) is 0 Å². The van der Waals surface area contributed by atoms with Gasteiger partial charge in [0.05, 0.1) is 12.0 Å². The summed E-state index contributed by atoms with van der Waals surface area (Å²) in [6.45, 7) is 0. The molecular weight excluding hydrogens is 552 g/mol. The van der Waals surface area contributed by atoms with E-state index in [1.807, 2.05) is 0 Å². The van der Waals surface area contributed by atoms with Crippen LogP contribution >= 0.6 is 0 Å². The molecule has 2 heterocycles. The molecule has 1 aromatic heterocycles. The van der Waals surface area contributed by atoms with Gasteiger partial charge in [-0.15, -0.1) is 0 Å². The van der Waals surface area contributed by atoms with Gasteiger partial charge in [0.2, 0.25) is 11.2 Å². The zero-order valence-electron chi connectivity index (χ0n) is 21.2. The fourth-order valence-electron chi connectivity index (χ4n) is 5.05. The molecule has 12 heteroatoms. The van der Waals surface area contributed by atoms with E-state index in [4.69, 9.17) is 9.15 Å². The number of rotatable bonds is 3. The van der Waals surface area contributed by atoms with Gasteiger partial charge < -0.3 is 50.0 Å². The van der Waals surface area contributed by atoms with Crippen LogP contribution in [0.3, 0.4) is 0 Å². The first-order chi connectivity index (χ1) is 19.9. The number of hydrogen-bond donors (Lipinski definition) is 8. The summed E-state index contributed by atoms with van der Waals surface area (Å²) in [6.07, 6.45) is -1.33. The highest BCUT2D eigenvalue weighted by molar-refractivity contribution is 6.07. The molecule has 1 unspecified atom stereocenters. The maximum atomic E-state index is 13.2. The van der Waals surface area contributed by atoms with Gasteiger partial charge >= 0.3 is 0 Å². The molecule has 1 atom stereocenters. The first-order valence-corrected chi connectivity index (χ1v) is 12.3. The Morgan fingerprint density at radius 1 is 0.643 bits per heavy atom. The van der Waals surface area contributed by atoms with Gasteiger partial charge in [0.25, 0.3) is 0 Å². The number of ketones is 1. The highest BCUT2D eigenvalue weighted by Crippen LogP contribution is 2.53. The monoisotopic (exact) mass is 572 g/mol. The smallest absolute Gasteiger partial charge is 0.238 e. The van der Waals surface area contributed by atoms with E-state index in [0.29, 0.717) is 0 Å². The molecule has 1 aliphatic heterocycles. The predicted octanol–water partition coefficient (Wildman–Crippen LogP) is 4.48. The van der Waals surface area contributed by atoms with E-state index in [9.17, 15) is 50.4 Å². The number of ether oxygens (including phenoxy) is 1. The summed E-state index contributed by atoms with van der Waals surface area (Å²) in [5, 5.41) is 82.2. The minimum Gasteiger partial charge on any atom is -0.508 e. The van der Waals surface area contributed by atoms with Crippen molar-refractivity contribution >= 4 is 16.8 Å². The summed E-state index contributed by atoms with van der Waals surface area (Å²) in [4.78, 5) is 26.3. The molecular formula is C30H20O12. The second-order valence-electron chi connectivity index (χ2n) is 9.65. The zero-order chi connectivity index (χ0) is 30.0. The largest absolute Gasteiger partial charge is 0.508 e. The van der Waals surface area contributed by atoms with Crippen molar-refractivity contribution in [1.82, 2.24) is 0 Å². The molecule has 0 saturated heterocycles. The normalized spacial score (nSPS) is 14.5. The highest BCUT2D eigenvalue weighted by atomic mass is 16.5. The zero-order valence-corrected chi connectivity index (χ0v) is 21.2. The lowest BCUT2D eigenvalue weighted by Crippen LogP contribution is -2.21. The number of carbonyl (C=O) groups excluding carboxylic acids is 1. The van der Waals surface area contributed by atoms with Gasteiger partial charge in [-0.3, -0.25) is 9.59 Å². The molecule has 0 bridgehead atoms. The fourth-order valence-corrected chi connectivity index (χ4v) is 5.05. The van der Waals surface area contributed by atoms with Crippen LogP contribution in [0.4, 0.5) is 0 Å². The van der Waals surface area contributed by atoms with Gasteiger partial charge in [0.1, 0.15) is 57.1 Å². The Morgan fingerprint density at radius 3 is 2.12 bits per heavy atom. The molecule has 0 amide bonds. The van der Waals surface area contributed by atoms with Crippen molar-refractivity contribution in [3.05, 3.63) is 75.9 Å². The van der Waals surface area contributed by atoms with Crippen LogP contribution in [0.2, 0.25) is 0 Å². The molecule has 212 valence electrons. The van der Waals surface area contributed by atoms with E-state index in [2.05, 4.69) is 0 Å². The van der Waals surface area contributed by atoms with Crippen molar-refractivity contribution in [2.45, 2.75) is 12.5 Å². The maximum absolute atomic E-state index is 13.2. The molecule has 12 nitrogen and oxygen atoms in total. The number of phenols is 7. The third-order valence-electron chi connectivity index (χ3n) is 6.97. The molecule has 6 rings (SSSR count). The molecule has 0 saturated carbocycles. The van der Waals surface area contributed by atoms with Crippen LogP contribution in [-0.4, -0.2) is 46.6 Å². The Labute approximate surface area is 234 Å². The van der Waals surface area contributed by atoms with Crippen molar-refractivity contribution in [2.75, 3.05) is 0 Å². The van der Waals surface area contributed by atoms with Gasteiger partial charge in [-0.2, -0.15) is 0 Å².